The molecule has 3 N–H and O–H groups in total. The van der Waals surface area contributed by atoms with E-state index >= 15 is 0 Å². The van der Waals surface area contributed by atoms with Crippen LogP contribution in [-0.4, -0.2) is 11.9 Å². The van der Waals surface area contributed by atoms with Crippen molar-refractivity contribution >= 4 is 5.84 Å². The number of hydrogen-bond donors (Lipinski definition) is 2. The summed E-state index contributed by atoms with van der Waals surface area (Å²) in [5.41, 5.74) is 5.23. The lowest BCUT2D eigenvalue weighted by atomic mass is 9.95. The van der Waals surface area contributed by atoms with E-state index < -0.39 is 0 Å². The summed E-state index contributed by atoms with van der Waals surface area (Å²) in [6.45, 7) is 2.16. The summed E-state index contributed by atoms with van der Waals surface area (Å²) < 4.78 is 0. The van der Waals surface area contributed by atoms with E-state index in [1.807, 2.05) is 6.07 Å². The van der Waals surface area contributed by atoms with Crippen LogP contribution in [0.15, 0.2) is 29.3 Å². The zero-order valence-corrected chi connectivity index (χ0v) is 11.2. The fourth-order valence-corrected chi connectivity index (χ4v) is 2.64. The maximum atomic E-state index is 5.66. The first-order valence-electron chi connectivity index (χ1n) is 6.97. The summed E-state index contributed by atoms with van der Waals surface area (Å²) in [4.78, 5) is 4.81. The van der Waals surface area contributed by atoms with E-state index in [0.29, 0.717) is 6.04 Å². The Hall–Kier alpha value is -1.35. The van der Waals surface area contributed by atoms with E-state index in [1.54, 1.807) is 0 Å². The van der Waals surface area contributed by atoms with Gasteiger partial charge in [0.2, 0.25) is 0 Å². The number of aryl methyl sites for hydroxylation is 1. The summed E-state index contributed by atoms with van der Waals surface area (Å²) >= 11 is 0. The van der Waals surface area contributed by atoms with Crippen LogP contribution in [-0.2, 0) is 6.42 Å². The lowest BCUT2D eigenvalue weighted by molar-refractivity contribution is 0.442. The largest absolute Gasteiger partial charge is 0.308 e. The van der Waals surface area contributed by atoms with Gasteiger partial charge in [0.25, 0.3) is 0 Å². The van der Waals surface area contributed by atoms with Gasteiger partial charge in [-0.25, -0.2) is 5.84 Å². The van der Waals surface area contributed by atoms with Crippen LogP contribution < -0.4 is 11.3 Å². The molecule has 0 amide bonds. The van der Waals surface area contributed by atoms with E-state index in [-0.39, 0.29) is 0 Å². The average Bonchev–Trinajstić information content (AvgIpc) is 2.46. The number of nitrogens with zero attached hydrogens (tertiary/aromatic N) is 1. The number of benzene rings is 1. The van der Waals surface area contributed by atoms with Gasteiger partial charge in [0.1, 0.15) is 5.84 Å². The van der Waals surface area contributed by atoms with Crippen LogP contribution in [0.5, 0.6) is 0 Å². The second-order valence-corrected chi connectivity index (χ2v) is 4.92. The van der Waals surface area contributed by atoms with Crippen molar-refractivity contribution in [2.24, 2.45) is 10.8 Å². The molecule has 18 heavy (non-hydrogen) atoms. The molecule has 0 saturated heterocycles. The minimum atomic E-state index is 0.440. The Balaban J connectivity index is 2.23. The minimum Gasteiger partial charge on any atom is -0.308 e. The highest BCUT2D eigenvalue weighted by Crippen LogP contribution is 2.21. The van der Waals surface area contributed by atoms with Crippen molar-refractivity contribution in [1.29, 1.82) is 0 Å². The topological polar surface area (TPSA) is 50.4 Å². The first kappa shape index (κ1) is 13.1. The van der Waals surface area contributed by atoms with Crippen molar-refractivity contribution in [3.8, 4) is 0 Å². The van der Waals surface area contributed by atoms with Gasteiger partial charge in [0.15, 0.2) is 0 Å². The highest BCUT2D eigenvalue weighted by atomic mass is 15.3. The van der Waals surface area contributed by atoms with Gasteiger partial charge in [0.05, 0.1) is 6.04 Å². The van der Waals surface area contributed by atoms with E-state index in [1.165, 1.54) is 37.7 Å². The number of nitrogens with one attached hydrogen (secondary N) is 1. The molecule has 0 radical (unpaired) electrons. The Morgan fingerprint density at radius 3 is 2.67 bits per heavy atom. The van der Waals surface area contributed by atoms with Crippen molar-refractivity contribution < 1.29 is 0 Å². The predicted octanol–water partition coefficient (Wildman–Crippen LogP) is 2.79. The molecule has 0 aliphatic heterocycles. The molecule has 3 nitrogen and oxygen atoms in total. The number of amidine groups is 1. The third kappa shape index (κ3) is 3.10. The molecule has 98 valence electrons. The molecular formula is C15H23N3. The standard InChI is InChI=1S/C15H23N3/c1-2-12-8-6-7-11-14(12)15(18-16)17-13-9-4-3-5-10-13/h6-8,11,13H,2-5,9-10,16H2,1H3,(H,17,18). The highest BCUT2D eigenvalue weighted by molar-refractivity contribution is 5.99. The average molecular weight is 245 g/mol. The molecule has 1 fully saturated rings. The van der Waals surface area contributed by atoms with Crippen molar-refractivity contribution in [3.05, 3.63) is 35.4 Å². The maximum absolute atomic E-state index is 5.66. The van der Waals surface area contributed by atoms with Crippen LogP contribution in [0, 0.1) is 0 Å². The third-order valence-electron chi connectivity index (χ3n) is 3.68. The van der Waals surface area contributed by atoms with Crippen molar-refractivity contribution in [2.45, 2.75) is 51.5 Å². The summed E-state index contributed by atoms with van der Waals surface area (Å²) in [6, 6.07) is 8.79. The molecule has 0 aromatic heterocycles. The number of hydrazine groups is 1. The normalized spacial score (nSPS) is 17.8. The van der Waals surface area contributed by atoms with Gasteiger partial charge in [0, 0.05) is 5.56 Å². The molecule has 0 unspecified atom stereocenters. The van der Waals surface area contributed by atoms with Crippen LogP contribution in [0.4, 0.5) is 0 Å². The molecule has 0 bridgehead atoms. The second kappa shape index (κ2) is 6.55. The van der Waals surface area contributed by atoms with Crippen LogP contribution in [0.3, 0.4) is 0 Å². The fourth-order valence-electron chi connectivity index (χ4n) is 2.64. The van der Waals surface area contributed by atoms with E-state index in [4.69, 9.17) is 10.8 Å². The molecule has 0 spiro atoms. The molecule has 1 aliphatic carbocycles. The summed E-state index contributed by atoms with van der Waals surface area (Å²) in [5.74, 6) is 6.51. The maximum Gasteiger partial charge on any atom is 0.143 e. The van der Waals surface area contributed by atoms with E-state index in [2.05, 4.69) is 30.5 Å². The molecule has 1 aromatic rings. The lowest BCUT2D eigenvalue weighted by Gasteiger charge is -2.20. The van der Waals surface area contributed by atoms with Gasteiger partial charge < -0.3 is 5.43 Å². The molecule has 1 aromatic carbocycles. The first-order chi connectivity index (χ1) is 8.85. The summed E-state index contributed by atoms with van der Waals surface area (Å²) in [5, 5.41) is 0. The first-order valence-corrected chi connectivity index (χ1v) is 6.97. The molecule has 2 rings (SSSR count). The van der Waals surface area contributed by atoms with Gasteiger partial charge in [-0.15, -0.1) is 0 Å². The third-order valence-corrected chi connectivity index (χ3v) is 3.68. The Morgan fingerprint density at radius 1 is 1.28 bits per heavy atom. The summed E-state index contributed by atoms with van der Waals surface area (Å²) in [7, 11) is 0. The Morgan fingerprint density at radius 2 is 2.00 bits per heavy atom. The van der Waals surface area contributed by atoms with Gasteiger partial charge >= 0.3 is 0 Å². The molecule has 1 saturated carbocycles. The fraction of sp³-hybridized carbons (Fsp3) is 0.533. The van der Waals surface area contributed by atoms with Crippen LogP contribution >= 0.6 is 0 Å². The zero-order valence-electron chi connectivity index (χ0n) is 11.2. The quantitative estimate of drug-likeness (QED) is 0.372. The van der Waals surface area contributed by atoms with E-state index in [0.717, 1.165) is 17.8 Å². The minimum absolute atomic E-state index is 0.440. The highest BCUT2D eigenvalue weighted by Gasteiger charge is 2.14. The molecule has 1 aliphatic rings. The predicted molar refractivity (Wildman–Crippen MR) is 76.6 cm³/mol. The van der Waals surface area contributed by atoms with Gasteiger partial charge in [-0.1, -0.05) is 50.5 Å². The van der Waals surface area contributed by atoms with Gasteiger partial charge in [-0.05, 0) is 24.8 Å². The number of nitrogens with two attached hydrogens (primary N) is 1. The van der Waals surface area contributed by atoms with Crippen LogP contribution in [0.1, 0.15) is 50.2 Å². The monoisotopic (exact) mass is 245 g/mol. The van der Waals surface area contributed by atoms with Crippen LogP contribution in [0.2, 0.25) is 0 Å². The van der Waals surface area contributed by atoms with Crippen molar-refractivity contribution in [3.63, 3.8) is 0 Å². The molecular weight excluding hydrogens is 222 g/mol. The Bertz CT molecular complexity index is 406. The number of aliphatic imine (C=N–C) groups is 1. The van der Waals surface area contributed by atoms with Gasteiger partial charge in [-0.3, -0.25) is 4.99 Å². The van der Waals surface area contributed by atoms with Gasteiger partial charge in [-0.2, -0.15) is 0 Å². The number of hydrogen-bond acceptors (Lipinski definition) is 2. The van der Waals surface area contributed by atoms with Crippen LogP contribution in [0.25, 0.3) is 0 Å². The smallest absolute Gasteiger partial charge is 0.143 e. The zero-order chi connectivity index (χ0) is 12.8. The molecule has 0 heterocycles. The molecule has 3 heteroatoms. The summed E-state index contributed by atoms with van der Waals surface area (Å²) in [6.07, 6.45) is 7.33. The number of rotatable bonds is 3. The lowest BCUT2D eigenvalue weighted by Crippen LogP contribution is -2.33. The Labute approximate surface area is 109 Å². The SMILES string of the molecule is CCc1ccccc1C(=NC1CCCCC1)NN. The Kier molecular flexibility index (Phi) is 4.76. The molecule has 0 atom stereocenters. The van der Waals surface area contributed by atoms with E-state index in [9.17, 15) is 0 Å². The van der Waals surface area contributed by atoms with Crippen molar-refractivity contribution in [2.75, 3.05) is 0 Å². The second-order valence-electron chi connectivity index (χ2n) is 4.92. The van der Waals surface area contributed by atoms with Crippen molar-refractivity contribution in [1.82, 2.24) is 5.43 Å².